The van der Waals surface area contributed by atoms with Crippen LogP contribution in [0.1, 0.15) is 23.6 Å². The smallest absolute Gasteiger partial charge is 0.0846 e. The fraction of sp³-hybridized carbons (Fsp3) is 0.0952. The number of rotatable bonds is 3. The van der Waals surface area contributed by atoms with Gasteiger partial charge in [-0.3, -0.25) is 5.01 Å². The Morgan fingerprint density at radius 2 is 1.58 bits per heavy atom. The molecule has 5 heteroatoms. The van der Waals surface area contributed by atoms with E-state index in [1.807, 2.05) is 60.7 Å². The first-order valence-corrected chi connectivity index (χ1v) is 9.80. The van der Waals surface area contributed by atoms with Gasteiger partial charge < -0.3 is 0 Å². The van der Waals surface area contributed by atoms with Crippen LogP contribution in [0.4, 0.5) is 5.69 Å². The highest BCUT2D eigenvalue weighted by molar-refractivity contribution is 9.10. The highest BCUT2D eigenvalue weighted by atomic mass is 79.9. The normalized spacial score (nSPS) is 16.7. The average Bonchev–Trinajstić information content (AvgIpc) is 3.08. The van der Waals surface area contributed by atoms with Crippen LogP contribution in [0.2, 0.25) is 10.0 Å². The van der Waals surface area contributed by atoms with E-state index in [2.05, 4.69) is 33.1 Å². The van der Waals surface area contributed by atoms with Crippen molar-refractivity contribution in [1.29, 1.82) is 0 Å². The summed E-state index contributed by atoms with van der Waals surface area (Å²) in [5, 5.41) is 8.46. The molecule has 1 atom stereocenters. The van der Waals surface area contributed by atoms with Crippen molar-refractivity contribution in [3.63, 3.8) is 0 Å². The van der Waals surface area contributed by atoms with Gasteiger partial charge in [0.1, 0.15) is 0 Å². The monoisotopic (exact) mass is 444 g/mol. The summed E-state index contributed by atoms with van der Waals surface area (Å²) in [5.41, 5.74) is 4.17. The minimum absolute atomic E-state index is 0.0353. The van der Waals surface area contributed by atoms with E-state index in [-0.39, 0.29) is 6.04 Å². The lowest BCUT2D eigenvalue weighted by molar-refractivity contribution is 0.708. The van der Waals surface area contributed by atoms with Gasteiger partial charge in [0.15, 0.2) is 0 Å². The van der Waals surface area contributed by atoms with Crippen LogP contribution < -0.4 is 5.01 Å². The standard InChI is InChI=1S/C21H15BrCl2N2/c22-17-6-2-4-8-20(17)26-21(16-5-1-3-7-18(16)24)13-19(25-26)14-9-11-15(23)12-10-14/h1-12,21H,13H2/t21-/m1/s1. The topological polar surface area (TPSA) is 15.6 Å². The van der Waals surface area contributed by atoms with Crippen LogP contribution in [0, 0.1) is 0 Å². The second-order valence-electron chi connectivity index (χ2n) is 6.09. The van der Waals surface area contributed by atoms with E-state index in [0.717, 1.165) is 43.5 Å². The van der Waals surface area contributed by atoms with E-state index >= 15 is 0 Å². The third kappa shape index (κ3) is 3.39. The van der Waals surface area contributed by atoms with Gasteiger partial charge in [0, 0.05) is 20.9 Å². The zero-order chi connectivity index (χ0) is 18.1. The average molecular weight is 446 g/mol. The van der Waals surface area contributed by atoms with E-state index < -0.39 is 0 Å². The summed E-state index contributed by atoms with van der Waals surface area (Å²) in [6, 6.07) is 23.9. The maximum absolute atomic E-state index is 6.50. The fourth-order valence-electron chi connectivity index (χ4n) is 3.17. The van der Waals surface area contributed by atoms with Gasteiger partial charge in [0.25, 0.3) is 0 Å². The van der Waals surface area contributed by atoms with Gasteiger partial charge in [0.2, 0.25) is 0 Å². The molecule has 0 saturated heterocycles. The van der Waals surface area contributed by atoms with Crippen LogP contribution in [-0.2, 0) is 0 Å². The number of hydrazone groups is 1. The van der Waals surface area contributed by atoms with Gasteiger partial charge in [0.05, 0.1) is 17.4 Å². The van der Waals surface area contributed by atoms with E-state index in [0.29, 0.717) is 0 Å². The van der Waals surface area contributed by atoms with Crippen molar-refractivity contribution in [2.75, 3.05) is 5.01 Å². The van der Waals surface area contributed by atoms with Crippen LogP contribution in [-0.4, -0.2) is 5.71 Å². The molecule has 0 aromatic heterocycles. The predicted molar refractivity (Wildman–Crippen MR) is 113 cm³/mol. The van der Waals surface area contributed by atoms with Crippen molar-refractivity contribution in [2.45, 2.75) is 12.5 Å². The maximum Gasteiger partial charge on any atom is 0.0846 e. The third-order valence-corrected chi connectivity index (χ3v) is 5.72. The predicted octanol–water partition coefficient (Wildman–Crippen LogP) is 7.11. The Labute approximate surface area is 171 Å². The number of anilines is 1. The maximum atomic E-state index is 6.50. The Kier molecular flexibility index (Phi) is 5.03. The molecule has 0 amide bonds. The molecule has 130 valence electrons. The lowest BCUT2D eigenvalue weighted by Gasteiger charge is -2.25. The van der Waals surface area contributed by atoms with Crippen molar-refractivity contribution in [3.05, 3.63) is 98.4 Å². The molecule has 0 unspecified atom stereocenters. The molecule has 2 nitrogen and oxygen atoms in total. The van der Waals surface area contributed by atoms with Gasteiger partial charge in [-0.15, -0.1) is 0 Å². The number of hydrogen-bond donors (Lipinski definition) is 0. The van der Waals surface area contributed by atoms with Gasteiger partial charge in [-0.1, -0.05) is 65.7 Å². The molecule has 0 aliphatic carbocycles. The lowest BCUT2D eigenvalue weighted by Crippen LogP contribution is -2.19. The quantitative estimate of drug-likeness (QED) is 0.419. The second kappa shape index (κ2) is 7.43. The molecule has 0 N–H and O–H groups in total. The molecule has 3 aromatic carbocycles. The molecule has 1 aliphatic heterocycles. The summed E-state index contributed by atoms with van der Waals surface area (Å²) in [5.74, 6) is 0. The highest BCUT2D eigenvalue weighted by Gasteiger charge is 2.32. The lowest BCUT2D eigenvalue weighted by atomic mass is 9.98. The van der Waals surface area contributed by atoms with Crippen molar-refractivity contribution in [1.82, 2.24) is 0 Å². The van der Waals surface area contributed by atoms with Crippen LogP contribution in [0.5, 0.6) is 0 Å². The first-order chi connectivity index (χ1) is 12.6. The second-order valence-corrected chi connectivity index (χ2v) is 7.79. The molecule has 3 aromatic rings. The molecule has 26 heavy (non-hydrogen) atoms. The number of nitrogens with zero attached hydrogens (tertiary/aromatic N) is 2. The van der Waals surface area contributed by atoms with Gasteiger partial charge >= 0.3 is 0 Å². The first-order valence-electron chi connectivity index (χ1n) is 8.25. The van der Waals surface area contributed by atoms with Crippen molar-refractivity contribution < 1.29 is 0 Å². The number of halogens is 3. The minimum Gasteiger partial charge on any atom is -0.256 e. The van der Waals surface area contributed by atoms with Gasteiger partial charge in [-0.05, 0) is 57.4 Å². The largest absolute Gasteiger partial charge is 0.256 e. The highest BCUT2D eigenvalue weighted by Crippen LogP contribution is 2.41. The van der Waals surface area contributed by atoms with Crippen molar-refractivity contribution in [3.8, 4) is 0 Å². The minimum atomic E-state index is 0.0353. The van der Waals surface area contributed by atoms with Crippen LogP contribution in [0.15, 0.2) is 82.4 Å². The van der Waals surface area contributed by atoms with E-state index in [1.165, 1.54) is 0 Å². The van der Waals surface area contributed by atoms with E-state index in [1.54, 1.807) is 0 Å². The zero-order valence-electron chi connectivity index (χ0n) is 13.7. The number of benzene rings is 3. The molecular formula is C21H15BrCl2N2. The van der Waals surface area contributed by atoms with Crippen molar-refractivity contribution >= 4 is 50.5 Å². The van der Waals surface area contributed by atoms with Crippen LogP contribution in [0.25, 0.3) is 0 Å². The summed E-state index contributed by atoms with van der Waals surface area (Å²) in [7, 11) is 0. The van der Waals surface area contributed by atoms with Crippen molar-refractivity contribution in [2.24, 2.45) is 5.10 Å². The molecule has 0 saturated carbocycles. The molecular weight excluding hydrogens is 431 g/mol. The zero-order valence-corrected chi connectivity index (χ0v) is 16.8. The molecule has 1 aliphatic rings. The molecule has 4 rings (SSSR count). The Bertz CT molecular complexity index is 970. The third-order valence-electron chi connectivity index (χ3n) is 4.45. The molecule has 0 radical (unpaired) electrons. The molecule has 0 bridgehead atoms. The summed E-state index contributed by atoms with van der Waals surface area (Å²) < 4.78 is 0.998. The van der Waals surface area contributed by atoms with E-state index in [4.69, 9.17) is 28.3 Å². The summed E-state index contributed by atoms with van der Waals surface area (Å²) in [6.07, 6.45) is 0.771. The molecule has 0 fully saturated rings. The molecule has 0 spiro atoms. The van der Waals surface area contributed by atoms with E-state index in [9.17, 15) is 0 Å². The fourth-order valence-corrected chi connectivity index (χ4v) is 4.03. The summed E-state index contributed by atoms with van der Waals surface area (Å²) in [4.78, 5) is 0. The van der Waals surface area contributed by atoms with Crippen LogP contribution in [0.3, 0.4) is 0 Å². The molecule has 1 heterocycles. The Morgan fingerprint density at radius 3 is 2.31 bits per heavy atom. The van der Waals surface area contributed by atoms with Crippen LogP contribution >= 0.6 is 39.1 Å². The Balaban J connectivity index is 1.80. The Morgan fingerprint density at radius 1 is 0.885 bits per heavy atom. The first kappa shape index (κ1) is 17.6. The number of para-hydroxylation sites is 1. The SMILES string of the molecule is Clc1ccc(C2=NN(c3ccccc3Br)[C@@H](c3ccccc3Cl)C2)cc1. The van der Waals surface area contributed by atoms with Gasteiger partial charge in [-0.2, -0.15) is 5.10 Å². The number of hydrogen-bond acceptors (Lipinski definition) is 2. The van der Waals surface area contributed by atoms with Gasteiger partial charge in [-0.25, -0.2) is 0 Å². The summed E-state index contributed by atoms with van der Waals surface area (Å²) >= 11 is 16.2. The summed E-state index contributed by atoms with van der Waals surface area (Å²) in [6.45, 7) is 0. The Hall–Kier alpha value is -1.81.